The highest BCUT2D eigenvalue weighted by Gasteiger charge is 2.22. The fraction of sp³-hybridized carbons (Fsp3) is 0.467. The summed E-state index contributed by atoms with van der Waals surface area (Å²) in [5.41, 5.74) is 0.732. The summed E-state index contributed by atoms with van der Waals surface area (Å²) in [6.07, 6.45) is 2.31. The van der Waals surface area contributed by atoms with Crippen molar-refractivity contribution in [2.24, 2.45) is 0 Å². The van der Waals surface area contributed by atoms with Gasteiger partial charge < -0.3 is 15.0 Å². The highest BCUT2D eigenvalue weighted by Crippen LogP contribution is 2.24. The molecule has 0 saturated carbocycles. The van der Waals surface area contributed by atoms with Crippen LogP contribution in [0.15, 0.2) is 24.3 Å². The number of nitriles is 1. The number of anilines is 1. The number of para-hydroxylation sites is 2. The normalized spacial score (nSPS) is 15.5. The van der Waals surface area contributed by atoms with Crippen molar-refractivity contribution in [3.05, 3.63) is 24.3 Å². The number of benzene rings is 1. The molecule has 1 aliphatic rings. The molecule has 1 saturated heterocycles. The maximum absolute atomic E-state index is 12.1. The second-order valence-electron chi connectivity index (χ2n) is 4.82. The molecule has 1 aromatic rings. The Labute approximate surface area is 119 Å². The Morgan fingerprint density at radius 1 is 1.45 bits per heavy atom. The highest BCUT2D eigenvalue weighted by molar-refractivity contribution is 5.78. The topological polar surface area (TPSA) is 65.4 Å². The van der Waals surface area contributed by atoms with Crippen LogP contribution in [0.2, 0.25) is 0 Å². The third-order valence-corrected chi connectivity index (χ3v) is 3.43. The van der Waals surface area contributed by atoms with Gasteiger partial charge in [-0.25, -0.2) is 0 Å². The number of ether oxygens (including phenoxy) is 1. The Morgan fingerprint density at radius 2 is 2.15 bits per heavy atom. The van der Waals surface area contributed by atoms with Crippen molar-refractivity contribution in [3.8, 4) is 11.8 Å². The Balaban J connectivity index is 1.98. The number of hydrogen-bond acceptors (Lipinski definition) is 4. The molecule has 1 atom stereocenters. The minimum Gasteiger partial charge on any atom is -0.495 e. The molecular formula is C15H19N3O2. The van der Waals surface area contributed by atoms with Gasteiger partial charge in [0.15, 0.2) is 0 Å². The molecule has 1 fully saturated rings. The van der Waals surface area contributed by atoms with Gasteiger partial charge in [-0.15, -0.1) is 0 Å². The van der Waals surface area contributed by atoms with Gasteiger partial charge in [-0.05, 0) is 25.0 Å². The van der Waals surface area contributed by atoms with Crippen LogP contribution in [0.3, 0.4) is 0 Å². The zero-order valence-corrected chi connectivity index (χ0v) is 11.6. The molecule has 1 N–H and O–H groups in total. The summed E-state index contributed by atoms with van der Waals surface area (Å²) in [4.78, 5) is 13.9. The molecule has 0 radical (unpaired) electrons. The van der Waals surface area contributed by atoms with Gasteiger partial charge in [0.25, 0.3) is 0 Å². The summed E-state index contributed by atoms with van der Waals surface area (Å²) in [6, 6.07) is 8.98. The summed E-state index contributed by atoms with van der Waals surface area (Å²) in [6.45, 7) is 1.62. The minimum absolute atomic E-state index is 0.0384. The van der Waals surface area contributed by atoms with Crippen molar-refractivity contribution in [3.63, 3.8) is 0 Å². The first kappa shape index (κ1) is 14.2. The first-order valence-corrected chi connectivity index (χ1v) is 6.81. The molecule has 5 heteroatoms. The predicted octanol–water partition coefficient (Wildman–Crippen LogP) is 2.01. The molecule has 1 amide bonds. The van der Waals surface area contributed by atoms with Crippen LogP contribution in [0.4, 0.5) is 5.69 Å². The molecule has 2 rings (SSSR count). The van der Waals surface area contributed by atoms with E-state index in [0.29, 0.717) is 5.75 Å². The first-order chi connectivity index (χ1) is 9.74. The number of hydrogen-bond donors (Lipinski definition) is 1. The van der Waals surface area contributed by atoms with Gasteiger partial charge in [-0.1, -0.05) is 12.1 Å². The predicted molar refractivity (Wildman–Crippen MR) is 76.4 cm³/mol. The van der Waals surface area contributed by atoms with Crippen molar-refractivity contribution < 1.29 is 9.53 Å². The molecule has 1 unspecified atom stereocenters. The van der Waals surface area contributed by atoms with Crippen molar-refractivity contribution in [1.29, 1.82) is 5.26 Å². The van der Waals surface area contributed by atoms with Crippen molar-refractivity contribution in [1.82, 2.24) is 4.90 Å². The summed E-state index contributed by atoms with van der Waals surface area (Å²) >= 11 is 0. The van der Waals surface area contributed by atoms with E-state index in [9.17, 15) is 10.1 Å². The number of carbonyl (C=O) groups excluding carboxylic acids is 1. The van der Waals surface area contributed by atoms with Crippen LogP contribution in [0.1, 0.15) is 19.3 Å². The van der Waals surface area contributed by atoms with Crippen molar-refractivity contribution in [2.45, 2.75) is 25.3 Å². The second kappa shape index (κ2) is 6.80. The second-order valence-corrected chi connectivity index (χ2v) is 4.82. The lowest BCUT2D eigenvalue weighted by molar-refractivity contribution is -0.130. The maximum Gasteiger partial charge on any atom is 0.225 e. The van der Waals surface area contributed by atoms with E-state index in [1.165, 1.54) is 0 Å². The van der Waals surface area contributed by atoms with E-state index in [2.05, 4.69) is 11.4 Å². The number of carbonyl (C=O) groups is 1. The summed E-state index contributed by atoms with van der Waals surface area (Å²) in [7, 11) is 1.58. The molecule has 5 nitrogen and oxygen atoms in total. The van der Waals surface area contributed by atoms with Crippen LogP contribution < -0.4 is 10.1 Å². The van der Waals surface area contributed by atoms with Gasteiger partial charge in [0.1, 0.15) is 11.8 Å². The zero-order valence-electron chi connectivity index (χ0n) is 11.6. The number of amides is 1. The fourth-order valence-corrected chi connectivity index (χ4v) is 2.35. The van der Waals surface area contributed by atoms with Crippen LogP contribution in [-0.4, -0.2) is 37.0 Å². The van der Waals surface area contributed by atoms with E-state index < -0.39 is 6.04 Å². The molecule has 0 aliphatic carbocycles. The largest absolute Gasteiger partial charge is 0.495 e. The number of nitrogens with one attached hydrogen (secondary N) is 1. The van der Waals surface area contributed by atoms with E-state index in [1.54, 1.807) is 7.11 Å². The molecule has 0 spiro atoms. The van der Waals surface area contributed by atoms with E-state index in [-0.39, 0.29) is 12.3 Å². The smallest absolute Gasteiger partial charge is 0.225 e. The number of nitrogens with zero attached hydrogens (tertiary/aromatic N) is 2. The Bertz CT molecular complexity index is 504. The standard InChI is InChI=1S/C15H19N3O2/c1-20-14-7-3-2-6-13(14)17-12(11-16)10-15(19)18-8-4-5-9-18/h2-3,6-7,12,17H,4-5,8-10H2,1H3. The highest BCUT2D eigenvalue weighted by atomic mass is 16.5. The van der Waals surface area contributed by atoms with Gasteiger partial charge in [0, 0.05) is 13.1 Å². The molecule has 106 valence electrons. The molecular weight excluding hydrogens is 254 g/mol. The first-order valence-electron chi connectivity index (χ1n) is 6.81. The Kier molecular flexibility index (Phi) is 4.83. The summed E-state index contributed by atoms with van der Waals surface area (Å²) < 4.78 is 5.23. The van der Waals surface area contributed by atoms with Crippen molar-refractivity contribution in [2.75, 3.05) is 25.5 Å². The number of methoxy groups -OCH3 is 1. The fourth-order valence-electron chi connectivity index (χ4n) is 2.35. The number of likely N-dealkylation sites (tertiary alicyclic amines) is 1. The van der Waals surface area contributed by atoms with Crippen molar-refractivity contribution >= 4 is 11.6 Å². The third-order valence-electron chi connectivity index (χ3n) is 3.43. The molecule has 0 aromatic heterocycles. The Morgan fingerprint density at radius 3 is 2.80 bits per heavy atom. The zero-order chi connectivity index (χ0) is 14.4. The van der Waals surface area contributed by atoms with Crippen LogP contribution >= 0.6 is 0 Å². The van der Waals surface area contributed by atoms with Crippen LogP contribution in [0.25, 0.3) is 0 Å². The van der Waals surface area contributed by atoms with E-state index in [1.807, 2.05) is 29.2 Å². The van der Waals surface area contributed by atoms with Gasteiger partial charge in [0.2, 0.25) is 5.91 Å². The lowest BCUT2D eigenvalue weighted by Crippen LogP contribution is -2.32. The molecule has 1 aliphatic heterocycles. The third kappa shape index (κ3) is 3.41. The maximum atomic E-state index is 12.1. The monoisotopic (exact) mass is 273 g/mol. The summed E-state index contributed by atoms with van der Waals surface area (Å²) in [5.74, 6) is 0.706. The van der Waals surface area contributed by atoms with Crippen LogP contribution in [0.5, 0.6) is 5.75 Å². The average Bonchev–Trinajstić information content (AvgIpc) is 3.01. The van der Waals surface area contributed by atoms with Gasteiger partial charge in [-0.3, -0.25) is 4.79 Å². The molecule has 0 bridgehead atoms. The molecule has 20 heavy (non-hydrogen) atoms. The van der Waals surface area contributed by atoms with Crippen LogP contribution in [0, 0.1) is 11.3 Å². The quantitative estimate of drug-likeness (QED) is 0.891. The average molecular weight is 273 g/mol. The summed E-state index contributed by atoms with van der Waals surface area (Å²) in [5, 5.41) is 12.3. The molecule has 1 heterocycles. The lowest BCUT2D eigenvalue weighted by Gasteiger charge is -2.19. The van der Waals surface area contributed by atoms with Gasteiger partial charge >= 0.3 is 0 Å². The number of rotatable bonds is 5. The van der Waals surface area contributed by atoms with Gasteiger partial charge in [-0.2, -0.15) is 5.26 Å². The SMILES string of the molecule is COc1ccccc1NC(C#N)CC(=O)N1CCCC1. The lowest BCUT2D eigenvalue weighted by atomic mass is 10.2. The van der Waals surface area contributed by atoms with E-state index in [0.717, 1.165) is 31.6 Å². The Hall–Kier alpha value is -2.22. The van der Waals surface area contributed by atoms with Gasteiger partial charge in [0.05, 0.1) is 25.3 Å². The minimum atomic E-state index is -0.542. The van der Waals surface area contributed by atoms with E-state index >= 15 is 0 Å². The molecule has 1 aromatic carbocycles. The van der Waals surface area contributed by atoms with E-state index in [4.69, 9.17) is 4.74 Å². The van der Waals surface area contributed by atoms with Crippen LogP contribution in [-0.2, 0) is 4.79 Å².